The van der Waals surface area contributed by atoms with E-state index in [4.69, 9.17) is 16.6 Å². The quantitative estimate of drug-likeness (QED) is 0.363. The van der Waals surface area contributed by atoms with Crippen molar-refractivity contribution in [3.8, 4) is 11.3 Å². The maximum absolute atomic E-state index is 12.6. The van der Waals surface area contributed by atoms with Gasteiger partial charge in [0, 0.05) is 60.5 Å². The Bertz CT molecular complexity index is 1290. The predicted molar refractivity (Wildman–Crippen MR) is 136 cm³/mol. The normalized spacial score (nSPS) is 15.0. The lowest BCUT2D eigenvalue weighted by Gasteiger charge is -2.34. The first kappa shape index (κ1) is 21.9. The summed E-state index contributed by atoms with van der Waals surface area (Å²) < 4.78 is 2.21. The molecule has 3 heterocycles. The lowest BCUT2D eigenvalue weighted by atomic mass is 10.1. The van der Waals surface area contributed by atoms with E-state index >= 15 is 0 Å². The van der Waals surface area contributed by atoms with Gasteiger partial charge in [-0.3, -0.25) is 14.1 Å². The summed E-state index contributed by atoms with van der Waals surface area (Å²) in [5.74, 6) is 0.0700. The van der Waals surface area contributed by atoms with Crippen LogP contribution in [0.15, 0.2) is 66.9 Å². The lowest BCUT2D eigenvalue weighted by molar-refractivity contribution is -0.127. The highest BCUT2D eigenvalue weighted by molar-refractivity contribution is 7.17. The molecule has 1 aliphatic heterocycles. The van der Waals surface area contributed by atoms with Gasteiger partial charge in [-0.1, -0.05) is 54.1 Å². The van der Waals surface area contributed by atoms with Gasteiger partial charge in [-0.15, -0.1) is 11.3 Å². The zero-order valence-electron chi connectivity index (χ0n) is 18.4. The summed E-state index contributed by atoms with van der Waals surface area (Å²) in [7, 11) is 0. The van der Waals surface area contributed by atoms with Gasteiger partial charge >= 0.3 is 0 Å². The first-order valence-corrected chi connectivity index (χ1v) is 12.2. The van der Waals surface area contributed by atoms with Crippen LogP contribution >= 0.6 is 22.9 Å². The maximum Gasteiger partial charge on any atom is 0.246 e. The Hall–Kier alpha value is -2.93. The van der Waals surface area contributed by atoms with Gasteiger partial charge in [0.05, 0.1) is 11.4 Å². The van der Waals surface area contributed by atoms with Crippen molar-refractivity contribution in [3.63, 3.8) is 0 Å². The summed E-state index contributed by atoms with van der Waals surface area (Å²) in [6.07, 6.45) is 5.73. The molecule has 0 radical (unpaired) electrons. The number of halogens is 1. The molecule has 0 bridgehead atoms. The molecule has 5 rings (SSSR count). The van der Waals surface area contributed by atoms with Crippen LogP contribution < -0.4 is 0 Å². The fraction of sp³-hybridized carbons (Fsp3) is 0.231. The third kappa shape index (κ3) is 4.88. The third-order valence-corrected chi connectivity index (χ3v) is 7.08. The fourth-order valence-electron chi connectivity index (χ4n) is 4.17. The number of hydrogen-bond donors (Lipinski definition) is 0. The first-order valence-electron chi connectivity index (χ1n) is 11.0. The topological polar surface area (TPSA) is 40.9 Å². The van der Waals surface area contributed by atoms with Crippen molar-refractivity contribution < 1.29 is 4.79 Å². The highest BCUT2D eigenvalue weighted by atomic mass is 35.5. The second-order valence-corrected chi connectivity index (χ2v) is 9.90. The number of carbonyl (C=O) groups excluding carboxylic acids is 1. The highest BCUT2D eigenvalue weighted by Crippen LogP contribution is 2.30. The predicted octanol–water partition coefficient (Wildman–Crippen LogP) is 5.38. The Morgan fingerprint density at radius 1 is 1.06 bits per heavy atom. The van der Waals surface area contributed by atoms with Crippen LogP contribution in [0.25, 0.3) is 22.3 Å². The van der Waals surface area contributed by atoms with Gasteiger partial charge in [0.1, 0.15) is 0 Å². The number of carbonyl (C=O) groups is 1. The third-order valence-electron chi connectivity index (χ3n) is 5.93. The van der Waals surface area contributed by atoms with E-state index in [-0.39, 0.29) is 5.91 Å². The molecule has 0 atom stereocenters. The van der Waals surface area contributed by atoms with Crippen LogP contribution in [0.3, 0.4) is 0 Å². The Morgan fingerprint density at radius 3 is 2.52 bits per heavy atom. The minimum atomic E-state index is 0.0700. The van der Waals surface area contributed by atoms with Crippen LogP contribution in [0.5, 0.6) is 0 Å². The van der Waals surface area contributed by atoms with Crippen LogP contribution in [0.1, 0.15) is 16.1 Å². The van der Waals surface area contributed by atoms with Gasteiger partial charge in [-0.25, -0.2) is 4.98 Å². The molecular weight excluding hydrogens is 452 g/mol. The number of nitrogens with zero attached hydrogens (tertiary/aromatic N) is 4. The van der Waals surface area contributed by atoms with Gasteiger partial charge in [-0.05, 0) is 30.7 Å². The van der Waals surface area contributed by atoms with Gasteiger partial charge in [0.15, 0.2) is 4.96 Å². The molecule has 7 heteroatoms. The minimum absolute atomic E-state index is 0.0700. The number of imidazole rings is 1. The number of piperazine rings is 1. The summed E-state index contributed by atoms with van der Waals surface area (Å²) in [6, 6.07) is 17.8. The first-order chi connectivity index (χ1) is 16.1. The van der Waals surface area contributed by atoms with Crippen molar-refractivity contribution in [1.29, 1.82) is 0 Å². The van der Waals surface area contributed by atoms with E-state index in [9.17, 15) is 4.79 Å². The second kappa shape index (κ2) is 9.51. The van der Waals surface area contributed by atoms with Crippen molar-refractivity contribution in [2.24, 2.45) is 0 Å². The van der Waals surface area contributed by atoms with E-state index < -0.39 is 0 Å². The van der Waals surface area contributed by atoms with Gasteiger partial charge < -0.3 is 4.90 Å². The molecule has 4 aromatic rings. The summed E-state index contributed by atoms with van der Waals surface area (Å²) in [4.78, 5) is 24.1. The molecule has 0 N–H and O–H groups in total. The van der Waals surface area contributed by atoms with Crippen molar-refractivity contribution in [2.45, 2.75) is 13.5 Å². The SMILES string of the molecule is Cc1cn2c(CN3CCN(C(=O)/C=C/c4ccccc4)CC3)c(-c3ccc(Cl)cc3)nc2s1. The molecule has 0 saturated carbocycles. The molecular formula is C26H25ClN4OS. The van der Waals surface area contributed by atoms with E-state index in [1.807, 2.05) is 65.6 Å². The molecule has 1 saturated heterocycles. The zero-order chi connectivity index (χ0) is 22.8. The Labute approximate surface area is 202 Å². The molecule has 1 fully saturated rings. The van der Waals surface area contributed by atoms with E-state index in [1.165, 1.54) is 10.6 Å². The van der Waals surface area contributed by atoms with Gasteiger partial charge in [-0.2, -0.15) is 0 Å². The number of benzene rings is 2. The standard InChI is InChI=1S/C26H25ClN4OS/c1-19-17-31-23(25(28-26(31)33-19)21-8-10-22(27)11-9-21)18-29-13-15-30(16-14-29)24(32)12-7-20-5-3-2-4-6-20/h2-12,17H,13-16,18H2,1H3/b12-7+. The van der Waals surface area contributed by atoms with Crippen LogP contribution in [-0.2, 0) is 11.3 Å². The van der Waals surface area contributed by atoms with Crippen LogP contribution in [0, 0.1) is 6.92 Å². The largest absolute Gasteiger partial charge is 0.337 e. The Balaban J connectivity index is 1.29. The van der Waals surface area contributed by atoms with Crippen molar-refractivity contribution >= 4 is 39.9 Å². The van der Waals surface area contributed by atoms with Crippen molar-refractivity contribution in [2.75, 3.05) is 26.2 Å². The Kier molecular flexibility index (Phi) is 6.31. The monoisotopic (exact) mass is 476 g/mol. The number of aryl methyl sites for hydroxylation is 1. The summed E-state index contributed by atoms with van der Waals surface area (Å²) in [5, 5.41) is 0.722. The number of rotatable bonds is 5. The minimum Gasteiger partial charge on any atom is -0.337 e. The molecule has 5 nitrogen and oxygen atoms in total. The molecule has 168 valence electrons. The number of thiazole rings is 1. The van der Waals surface area contributed by atoms with Gasteiger partial charge in [0.2, 0.25) is 5.91 Å². The molecule has 2 aromatic heterocycles. The number of aromatic nitrogens is 2. The Morgan fingerprint density at radius 2 is 1.79 bits per heavy atom. The number of hydrogen-bond acceptors (Lipinski definition) is 4. The number of amides is 1. The van der Waals surface area contributed by atoms with Crippen molar-refractivity contribution in [1.82, 2.24) is 19.2 Å². The fourth-order valence-corrected chi connectivity index (χ4v) is 5.14. The van der Waals surface area contributed by atoms with E-state index in [0.29, 0.717) is 0 Å². The molecule has 1 aliphatic rings. The zero-order valence-corrected chi connectivity index (χ0v) is 20.0. The summed E-state index contributed by atoms with van der Waals surface area (Å²) in [6.45, 7) is 6.01. The smallest absolute Gasteiger partial charge is 0.246 e. The van der Waals surface area contributed by atoms with E-state index in [1.54, 1.807) is 17.4 Å². The molecule has 0 spiro atoms. The average molecular weight is 477 g/mol. The summed E-state index contributed by atoms with van der Waals surface area (Å²) >= 11 is 7.80. The van der Waals surface area contributed by atoms with E-state index in [2.05, 4.69) is 22.4 Å². The molecule has 33 heavy (non-hydrogen) atoms. The molecule has 2 aromatic carbocycles. The molecule has 0 aliphatic carbocycles. The number of fused-ring (bicyclic) bond motifs is 1. The van der Waals surface area contributed by atoms with Crippen LogP contribution in [0.4, 0.5) is 0 Å². The molecule has 0 unspecified atom stereocenters. The second-order valence-electron chi connectivity index (χ2n) is 8.25. The highest BCUT2D eigenvalue weighted by Gasteiger charge is 2.23. The summed E-state index contributed by atoms with van der Waals surface area (Å²) in [5.41, 5.74) is 4.29. The van der Waals surface area contributed by atoms with Gasteiger partial charge in [0.25, 0.3) is 0 Å². The van der Waals surface area contributed by atoms with Crippen molar-refractivity contribution in [3.05, 3.63) is 88.0 Å². The van der Waals surface area contributed by atoms with Crippen LogP contribution in [0.2, 0.25) is 5.02 Å². The average Bonchev–Trinajstić information content (AvgIpc) is 3.36. The van der Waals surface area contributed by atoms with Crippen LogP contribution in [-0.4, -0.2) is 51.3 Å². The molecule has 1 amide bonds. The lowest BCUT2D eigenvalue weighted by Crippen LogP contribution is -2.47. The maximum atomic E-state index is 12.6. The van der Waals surface area contributed by atoms with E-state index in [0.717, 1.165) is 59.5 Å².